The summed E-state index contributed by atoms with van der Waals surface area (Å²) >= 11 is 2.49. The Kier molecular flexibility index (Phi) is 11.3. The van der Waals surface area contributed by atoms with E-state index in [0.29, 0.717) is 6.04 Å². The van der Waals surface area contributed by atoms with Crippen LogP contribution in [0.5, 0.6) is 0 Å². The Balaban J connectivity index is 0.00000200. The Labute approximate surface area is 155 Å². The lowest BCUT2D eigenvalue weighted by Gasteiger charge is -2.36. The van der Waals surface area contributed by atoms with Gasteiger partial charge in [-0.15, -0.1) is 24.8 Å². The molecule has 1 aromatic carbocycles. The van der Waals surface area contributed by atoms with Crippen molar-refractivity contribution in [1.82, 2.24) is 10.2 Å². The molecule has 0 spiro atoms. The summed E-state index contributed by atoms with van der Waals surface area (Å²) in [5, 5.41) is 3.46. The van der Waals surface area contributed by atoms with Crippen LogP contribution in [0.25, 0.3) is 0 Å². The number of nitrogens with one attached hydrogen (secondary N) is 1. The summed E-state index contributed by atoms with van der Waals surface area (Å²) in [4.78, 5) is 2.66. The molecule has 0 amide bonds. The van der Waals surface area contributed by atoms with Crippen LogP contribution in [0.1, 0.15) is 38.3 Å². The molecule has 1 N–H and O–H groups in total. The Morgan fingerprint density at radius 3 is 2.29 bits per heavy atom. The van der Waals surface area contributed by atoms with E-state index in [2.05, 4.69) is 70.9 Å². The Hall–Kier alpha value is 0.450. The second-order valence-corrected chi connectivity index (χ2v) is 6.96. The first-order chi connectivity index (χ1) is 9.18. The molecular weight excluding hydrogens is 418 g/mol. The minimum Gasteiger partial charge on any atom is -0.314 e. The SMILES string of the molecule is CC(C)CC[C@H](c1ccccc1I)N1CCNCC1.Cl.Cl. The van der Waals surface area contributed by atoms with Crippen molar-refractivity contribution in [3.05, 3.63) is 33.4 Å². The van der Waals surface area contributed by atoms with E-state index in [9.17, 15) is 0 Å². The van der Waals surface area contributed by atoms with Crippen LogP contribution in [0.3, 0.4) is 0 Å². The van der Waals surface area contributed by atoms with Gasteiger partial charge >= 0.3 is 0 Å². The molecule has 1 aliphatic rings. The zero-order chi connectivity index (χ0) is 13.7. The van der Waals surface area contributed by atoms with Crippen molar-refractivity contribution in [1.29, 1.82) is 0 Å². The van der Waals surface area contributed by atoms with Gasteiger partial charge in [0.05, 0.1) is 0 Å². The third-order valence-corrected chi connectivity index (χ3v) is 4.86. The van der Waals surface area contributed by atoms with Crippen LogP contribution in [-0.4, -0.2) is 31.1 Å². The standard InChI is InChI=1S/C16H25IN2.2ClH/c1-13(2)7-8-16(19-11-9-18-10-12-19)14-5-3-4-6-15(14)17;;/h3-6,13,16,18H,7-12H2,1-2H3;2*1H/t16-;;/m1../s1. The molecule has 0 radical (unpaired) electrons. The van der Waals surface area contributed by atoms with Crippen LogP contribution in [0.2, 0.25) is 0 Å². The van der Waals surface area contributed by atoms with E-state index in [1.165, 1.54) is 35.1 Å². The molecule has 1 atom stereocenters. The van der Waals surface area contributed by atoms with E-state index >= 15 is 0 Å². The fourth-order valence-electron chi connectivity index (χ4n) is 2.77. The number of rotatable bonds is 5. The number of hydrogen-bond donors (Lipinski definition) is 1. The molecule has 2 rings (SSSR count). The quantitative estimate of drug-likeness (QED) is 0.671. The fraction of sp³-hybridized carbons (Fsp3) is 0.625. The summed E-state index contributed by atoms with van der Waals surface area (Å²) in [6.07, 6.45) is 2.58. The van der Waals surface area contributed by atoms with Crippen molar-refractivity contribution in [2.45, 2.75) is 32.7 Å². The van der Waals surface area contributed by atoms with Crippen molar-refractivity contribution >= 4 is 47.4 Å². The van der Waals surface area contributed by atoms with Crippen LogP contribution in [0.4, 0.5) is 0 Å². The first-order valence-corrected chi connectivity index (χ1v) is 8.45. The van der Waals surface area contributed by atoms with E-state index < -0.39 is 0 Å². The lowest BCUT2D eigenvalue weighted by molar-refractivity contribution is 0.159. The number of benzene rings is 1. The van der Waals surface area contributed by atoms with Crippen molar-refractivity contribution in [3.63, 3.8) is 0 Å². The van der Waals surface area contributed by atoms with Gasteiger partial charge in [-0.2, -0.15) is 0 Å². The molecule has 21 heavy (non-hydrogen) atoms. The van der Waals surface area contributed by atoms with E-state index in [1.54, 1.807) is 0 Å². The average Bonchev–Trinajstić information content (AvgIpc) is 2.42. The molecular formula is C16H27Cl2IN2. The highest BCUT2D eigenvalue weighted by Crippen LogP contribution is 2.30. The van der Waals surface area contributed by atoms with Crippen molar-refractivity contribution in [2.75, 3.05) is 26.2 Å². The highest BCUT2D eigenvalue weighted by Gasteiger charge is 2.23. The van der Waals surface area contributed by atoms with Crippen LogP contribution in [-0.2, 0) is 0 Å². The first kappa shape index (κ1) is 21.4. The van der Waals surface area contributed by atoms with Crippen molar-refractivity contribution in [2.24, 2.45) is 5.92 Å². The molecule has 122 valence electrons. The fourth-order valence-corrected chi connectivity index (χ4v) is 3.51. The maximum atomic E-state index is 3.46. The van der Waals surface area contributed by atoms with Crippen LogP contribution < -0.4 is 5.32 Å². The number of hydrogen-bond acceptors (Lipinski definition) is 2. The van der Waals surface area contributed by atoms with Crippen molar-refractivity contribution in [3.8, 4) is 0 Å². The maximum absolute atomic E-state index is 3.46. The van der Waals surface area contributed by atoms with Gasteiger partial charge in [0.15, 0.2) is 0 Å². The van der Waals surface area contributed by atoms with Crippen LogP contribution >= 0.6 is 47.4 Å². The summed E-state index contributed by atoms with van der Waals surface area (Å²) in [7, 11) is 0. The zero-order valence-corrected chi connectivity index (χ0v) is 16.6. The smallest absolute Gasteiger partial charge is 0.0359 e. The van der Waals surface area contributed by atoms with Gasteiger partial charge in [0.25, 0.3) is 0 Å². The Bertz CT molecular complexity index is 396. The summed E-state index contributed by atoms with van der Waals surface area (Å²) in [5.74, 6) is 0.784. The predicted octanol–water partition coefficient (Wildman–Crippen LogP) is 4.52. The zero-order valence-electron chi connectivity index (χ0n) is 12.8. The van der Waals surface area contributed by atoms with E-state index in [0.717, 1.165) is 19.0 Å². The van der Waals surface area contributed by atoms with Crippen LogP contribution in [0.15, 0.2) is 24.3 Å². The molecule has 1 aliphatic heterocycles. The predicted molar refractivity (Wildman–Crippen MR) is 105 cm³/mol. The molecule has 0 saturated carbocycles. The molecule has 1 aromatic rings. The van der Waals surface area contributed by atoms with Gasteiger partial charge in [-0.1, -0.05) is 32.0 Å². The molecule has 2 nitrogen and oxygen atoms in total. The molecule has 1 fully saturated rings. The Morgan fingerprint density at radius 2 is 1.71 bits per heavy atom. The lowest BCUT2D eigenvalue weighted by atomic mass is 9.96. The monoisotopic (exact) mass is 444 g/mol. The van der Waals surface area contributed by atoms with Gasteiger partial charge in [0, 0.05) is 35.8 Å². The van der Waals surface area contributed by atoms with E-state index in [4.69, 9.17) is 0 Å². The number of piperazine rings is 1. The molecule has 0 aromatic heterocycles. The van der Waals surface area contributed by atoms with Gasteiger partial charge in [-0.05, 0) is 53.0 Å². The molecule has 1 heterocycles. The second-order valence-electron chi connectivity index (χ2n) is 5.79. The number of halogens is 3. The third kappa shape index (κ3) is 6.61. The second kappa shape index (κ2) is 11.1. The molecule has 0 unspecified atom stereocenters. The molecule has 1 saturated heterocycles. The van der Waals surface area contributed by atoms with Crippen LogP contribution in [0, 0.1) is 9.49 Å². The topological polar surface area (TPSA) is 15.3 Å². The highest BCUT2D eigenvalue weighted by atomic mass is 127. The van der Waals surface area contributed by atoms with E-state index in [1.807, 2.05) is 0 Å². The van der Waals surface area contributed by atoms with Gasteiger partial charge in [0.2, 0.25) is 0 Å². The largest absolute Gasteiger partial charge is 0.314 e. The summed E-state index contributed by atoms with van der Waals surface area (Å²) in [5.41, 5.74) is 1.52. The maximum Gasteiger partial charge on any atom is 0.0359 e. The summed E-state index contributed by atoms with van der Waals surface area (Å²) < 4.78 is 1.41. The summed E-state index contributed by atoms with van der Waals surface area (Å²) in [6, 6.07) is 9.47. The van der Waals surface area contributed by atoms with Gasteiger partial charge in [-0.25, -0.2) is 0 Å². The molecule has 0 bridgehead atoms. The lowest BCUT2D eigenvalue weighted by Crippen LogP contribution is -2.45. The number of nitrogens with zero attached hydrogens (tertiary/aromatic N) is 1. The molecule has 5 heteroatoms. The normalized spacial score (nSPS) is 17.0. The summed E-state index contributed by atoms with van der Waals surface area (Å²) in [6.45, 7) is 9.25. The minimum atomic E-state index is 0. The molecule has 0 aliphatic carbocycles. The first-order valence-electron chi connectivity index (χ1n) is 7.37. The Morgan fingerprint density at radius 1 is 1.10 bits per heavy atom. The highest BCUT2D eigenvalue weighted by molar-refractivity contribution is 14.1. The average molecular weight is 445 g/mol. The minimum absolute atomic E-state index is 0. The van der Waals surface area contributed by atoms with Gasteiger partial charge in [0.1, 0.15) is 0 Å². The third-order valence-electron chi connectivity index (χ3n) is 3.87. The van der Waals surface area contributed by atoms with Crippen molar-refractivity contribution < 1.29 is 0 Å². The van der Waals surface area contributed by atoms with E-state index in [-0.39, 0.29) is 24.8 Å². The van der Waals surface area contributed by atoms with Gasteiger partial charge in [-0.3, -0.25) is 4.90 Å². The van der Waals surface area contributed by atoms with Gasteiger partial charge < -0.3 is 5.32 Å².